The third-order valence-corrected chi connectivity index (χ3v) is 3.95. The standard InChI is InChI=1S/C16H18F3NO4/c1-9(10-2-3-10)15(23)20-13(8-14(21)22)11-4-6-12(7-5-11)24-16(17,18)19/h4-7,9-10,13H,2-3,8H2,1H3,(H,20,23)(H,21,22). The molecule has 0 aromatic heterocycles. The van der Waals surface area contributed by atoms with Crippen molar-refractivity contribution in [2.24, 2.45) is 11.8 Å². The number of carboxylic acid groups (broad SMARTS) is 1. The number of alkyl halides is 3. The van der Waals surface area contributed by atoms with E-state index < -0.39 is 24.1 Å². The Balaban J connectivity index is 2.08. The smallest absolute Gasteiger partial charge is 0.481 e. The van der Waals surface area contributed by atoms with Crippen LogP contribution in [0.15, 0.2) is 24.3 Å². The maximum Gasteiger partial charge on any atom is 0.573 e. The van der Waals surface area contributed by atoms with E-state index in [4.69, 9.17) is 5.11 Å². The predicted molar refractivity (Wildman–Crippen MR) is 78.1 cm³/mol. The number of aliphatic carboxylic acids is 1. The molecular formula is C16H18F3NO4. The SMILES string of the molecule is CC(C(=O)NC(CC(=O)O)c1ccc(OC(F)(F)F)cc1)C1CC1. The monoisotopic (exact) mass is 345 g/mol. The number of carbonyl (C=O) groups excluding carboxylic acids is 1. The number of rotatable bonds is 7. The van der Waals surface area contributed by atoms with Crippen molar-refractivity contribution in [2.45, 2.75) is 38.6 Å². The lowest BCUT2D eigenvalue weighted by molar-refractivity contribution is -0.274. The van der Waals surface area contributed by atoms with Gasteiger partial charge in [-0.15, -0.1) is 13.2 Å². The highest BCUT2D eigenvalue weighted by Crippen LogP contribution is 2.37. The minimum absolute atomic E-state index is 0.214. The van der Waals surface area contributed by atoms with E-state index in [1.165, 1.54) is 12.1 Å². The molecule has 24 heavy (non-hydrogen) atoms. The zero-order valence-electron chi connectivity index (χ0n) is 13.0. The van der Waals surface area contributed by atoms with Gasteiger partial charge in [0.05, 0.1) is 12.5 Å². The largest absolute Gasteiger partial charge is 0.573 e. The number of nitrogens with one attached hydrogen (secondary N) is 1. The Morgan fingerprint density at radius 3 is 2.33 bits per heavy atom. The minimum atomic E-state index is -4.80. The number of halogens is 3. The van der Waals surface area contributed by atoms with Crippen LogP contribution in [0.25, 0.3) is 0 Å². The first kappa shape index (κ1) is 18.1. The van der Waals surface area contributed by atoms with Crippen LogP contribution in [0.1, 0.15) is 37.8 Å². The normalized spacial score (nSPS) is 17.0. The van der Waals surface area contributed by atoms with E-state index in [1.807, 2.05) is 0 Å². The third-order valence-electron chi connectivity index (χ3n) is 3.95. The number of carbonyl (C=O) groups is 2. The van der Waals surface area contributed by atoms with Gasteiger partial charge in [0.25, 0.3) is 0 Å². The van der Waals surface area contributed by atoms with Crippen LogP contribution >= 0.6 is 0 Å². The number of carboxylic acids is 1. The summed E-state index contributed by atoms with van der Waals surface area (Å²) in [7, 11) is 0. The topological polar surface area (TPSA) is 75.6 Å². The Kier molecular flexibility index (Phi) is 5.36. The van der Waals surface area contributed by atoms with Gasteiger partial charge in [0.15, 0.2) is 0 Å². The molecule has 1 aromatic carbocycles. The van der Waals surface area contributed by atoms with Crippen LogP contribution in [0.5, 0.6) is 5.75 Å². The lowest BCUT2D eigenvalue weighted by Gasteiger charge is -2.20. The second kappa shape index (κ2) is 7.11. The van der Waals surface area contributed by atoms with Crippen LogP contribution < -0.4 is 10.1 Å². The van der Waals surface area contributed by atoms with Crippen molar-refractivity contribution in [1.29, 1.82) is 0 Å². The summed E-state index contributed by atoms with van der Waals surface area (Å²) in [5, 5.41) is 11.7. The van der Waals surface area contributed by atoms with E-state index in [9.17, 15) is 22.8 Å². The number of hydrogen-bond acceptors (Lipinski definition) is 3. The first-order valence-corrected chi connectivity index (χ1v) is 7.53. The van der Waals surface area contributed by atoms with Crippen molar-refractivity contribution in [3.8, 4) is 5.75 Å². The lowest BCUT2D eigenvalue weighted by Crippen LogP contribution is -2.34. The molecule has 5 nitrogen and oxygen atoms in total. The summed E-state index contributed by atoms with van der Waals surface area (Å²) >= 11 is 0. The van der Waals surface area contributed by atoms with Crippen LogP contribution in [0.2, 0.25) is 0 Å². The molecule has 2 unspecified atom stereocenters. The molecule has 0 aliphatic heterocycles. The van der Waals surface area contributed by atoms with E-state index in [2.05, 4.69) is 10.1 Å². The summed E-state index contributed by atoms with van der Waals surface area (Å²) in [6.07, 6.45) is -3.21. The van der Waals surface area contributed by atoms with E-state index in [-0.39, 0.29) is 18.2 Å². The molecular weight excluding hydrogens is 327 g/mol. The second-order valence-corrected chi connectivity index (χ2v) is 5.90. The number of ether oxygens (including phenoxy) is 1. The van der Waals surface area contributed by atoms with E-state index in [0.717, 1.165) is 25.0 Å². The molecule has 0 heterocycles. The highest BCUT2D eigenvalue weighted by atomic mass is 19.4. The Hall–Kier alpha value is -2.25. The third kappa shape index (κ3) is 5.43. The Bertz CT molecular complexity index is 596. The molecule has 1 aromatic rings. The number of benzene rings is 1. The molecule has 1 aliphatic carbocycles. The zero-order valence-corrected chi connectivity index (χ0v) is 13.0. The summed E-state index contributed by atoms with van der Waals surface area (Å²) in [5.41, 5.74) is 0.406. The second-order valence-electron chi connectivity index (χ2n) is 5.90. The molecule has 1 fully saturated rings. The zero-order chi connectivity index (χ0) is 17.9. The van der Waals surface area contributed by atoms with Crippen molar-refractivity contribution in [2.75, 3.05) is 0 Å². The summed E-state index contributed by atoms with van der Waals surface area (Å²) in [6.45, 7) is 1.78. The maximum absolute atomic E-state index is 12.2. The van der Waals surface area contributed by atoms with Gasteiger partial charge in [-0.3, -0.25) is 9.59 Å². The van der Waals surface area contributed by atoms with Crippen molar-refractivity contribution in [3.05, 3.63) is 29.8 Å². The van der Waals surface area contributed by atoms with Crippen molar-refractivity contribution >= 4 is 11.9 Å². The molecule has 2 atom stereocenters. The van der Waals surface area contributed by atoms with E-state index in [1.54, 1.807) is 6.92 Å². The van der Waals surface area contributed by atoms with Crippen LogP contribution in [0.4, 0.5) is 13.2 Å². The Morgan fingerprint density at radius 2 is 1.88 bits per heavy atom. The summed E-state index contributed by atoms with van der Waals surface area (Å²) in [4.78, 5) is 23.2. The molecule has 0 radical (unpaired) electrons. The highest BCUT2D eigenvalue weighted by Gasteiger charge is 2.34. The predicted octanol–water partition coefficient (Wildman–Crippen LogP) is 3.26. The van der Waals surface area contributed by atoms with Gasteiger partial charge in [-0.05, 0) is 36.5 Å². The molecule has 8 heteroatoms. The molecule has 1 amide bonds. The van der Waals surface area contributed by atoms with E-state index >= 15 is 0 Å². The fourth-order valence-electron chi connectivity index (χ4n) is 2.44. The van der Waals surface area contributed by atoms with Crippen molar-refractivity contribution in [3.63, 3.8) is 0 Å². The van der Waals surface area contributed by atoms with Crippen LogP contribution in [-0.2, 0) is 9.59 Å². The highest BCUT2D eigenvalue weighted by molar-refractivity contribution is 5.80. The molecule has 0 spiro atoms. The first-order chi connectivity index (χ1) is 11.2. The molecule has 132 valence electrons. The maximum atomic E-state index is 12.2. The fourth-order valence-corrected chi connectivity index (χ4v) is 2.44. The summed E-state index contributed by atoms with van der Waals surface area (Å²) in [5.74, 6) is -1.67. The summed E-state index contributed by atoms with van der Waals surface area (Å²) < 4.78 is 40.2. The van der Waals surface area contributed by atoms with Gasteiger partial charge in [0.1, 0.15) is 5.75 Å². The van der Waals surface area contributed by atoms with Crippen LogP contribution in [0.3, 0.4) is 0 Å². The number of amides is 1. The van der Waals surface area contributed by atoms with Gasteiger partial charge in [-0.1, -0.05) is 19.1 Å². The average molecular weight is 345 g/mol. The van der Waals surface area contributed by atoms with Gasteiger partial charge in [-0.25, -0.2) is 0 Å². The molecule has 2 rings (SSSR count). The van der Waals surface area contributed by atoms with Gasteiger partial charge in [0.2, 0.25) is 5.91 Å². The van der Waals surface area contributed by atoms with Gasteiger partial charge in [0, 0.05) is 5.92 Å². The number of hydrogen-bond donors (Lipinski definition) is 2. The van der Waals surface area contributed by atoms with Crippen LogP contribution in [0, 0.1) is 11.8 Å². The van der Waals surface area contributed by atoms with Crippen molar-refractivity contribution < 1.29 is 32.6 Å². The van der Waals surface area contributed by atoms with Gasteiger partial charge < -0.3 is 15.2 Å². The van der Waals surface area contributed by atoms with Gasteiger partial charge >= 0.3 is 12.3 Å². The minimum Gasteiger partial charge on any atom is -0.481 e. The quantitative estimate of drug-likeness (QED) is 0.795. The summed E-state index contributed by atoms with van der Waals surface area (Å²) in [6, 6.07) is 4.01. The van der Waals surface area contributed by atoms with Crippen molar-refractivity contribution in [1.82, 2.24) is 5.32 Å². The molecule has 1 aliphatic rings. The first-order valence-electron chi connectivity index (χ1n) is 7.53. The molecule has 0 bridgehead atoms. The lowest BCUT2D eigenvalue weighted by atomic mass is 10.0. The van der Waals surface area contributed by atoms with E-state index in [0.29, 0.717) is 11.5 Å². The average Bonchev–Trinajstić information content (AvgIpc) is 3.29. The van der Waals surface area contributed by atoms with Gasteiger partial charge in [-0.2, -0.15) is 0 Å². The molecule has 1 saturated carbocycles. The fraction of sp³-hybridized carbons (Fsp3) is 0.500. The molecule has 0 saturated heterocycles. The van der Waals surface area contributed by atoms with Crippen LogP contribution in [-0.4, -0.2) is 23.3 Å². The Morgan fingerprint density at radius 1 is 1.29 bits per heavy atom. The molecule has 2 N–H and O–H groups in total. The Labute approximate surface area is 136 Å².